The molecule has 0 amide bonds. The summed E-state index contributed by atoms with van der Waals surface area (Å²) in [6.45, 7) is 0. The first-order valence-electron chi connectivity index (χ1n) is 6.03. The molecule has 106 valence electrons. The Morgan fingerprint density at radius 2 is 1.76 bits per heavy atom. The summed E-state index contributed by atoms with van der Waals surface area (Å²) in [5.74, 6) is 0.538. The third kappa shape index (κ3) is 2.33. The minimum atomic E-state index is -0.261. The molecular weight excluding hydrogens is 276 g/mol. The van der Waals surface area contributed by atoms with Crippen molar-refractivity contribution in [3.63, 3.8) is 0 Å². The van der Waals surface area contributed by atoms with Crippen molar-refractivity contribution in [3.8, 4) is 22.8 Å². The number of hydrogen-bond donors (Lipinski definition) is 2. The Labute approximate surface area is 118 Å². The Morgan fingerprint density at radius 1 is 0.952 bits per heavy atom. The molecule has 3 aromatic rings. The Hall–Kier alpha value is -2.83. The van der Waals surface area contributed by atoms with Gasteiger partial charge in [-0.05, 0) is 24.3 Å². The second kappa shape index (κ2) is 5.28. The van der Waals surface area contributed by atoms with E-state index in [9.17, 15) is 4.79 Å². The lowest BCUT2D eigenvalue weighted by molar-refractivity contribution is -0.137. The van der Waals surface area contributed by atoms with Crippen LogP contribution in [0, 0.1) is 0 Å². The minimum absolute atomic E-state index is 0.148. The molecule has 6 nitrogen and oxygen atoms in total. The highest BCUT2D eigenvalue weighted by Gasteiger charge is 2.12. The third-order valence-electron chi connectivity index (χ3n) is 3.06. The van der Waals surface area contributed by atoms with E-state index in [1.807, 2.05) is 0 Å². The number of para-hydroxylation sites is 1. The molecule has 0 saturated heterocycles. The van der Waals surface area contributed by atoms with E-state index in [4.69, 9.17) is 14.9 Å². The molecule has 21 heavy (non-hydrogen) atoms. The quantitative estimate of drug-likeness (QED) is 0.568. The fourth-order valence-corrected chi connectivity index (χ4v) is 2.07. The summed E-state index contributed by atoms with van der Waals surface area (Å²) in [7, 11) is 0. The fourth-order valence-electron chi connectivity index (χ4n) is 2.07. The first-order valence-corrected chi connectivity index (χ1v) is 6.03. The van der Waals surface area contributed by atoms with Gasteiger partial charge >= 0.3 is 0 Å². The number of rotatable bonds is 3. The van der Waals surface area contributed by atoms with Gasteiger partial charge in [0.05, 0.1) is 10.9 Å². The monoisotopic (exact) mass is 286 g/mol. The van der Waals surface area contributed by atoms with Crippen LogP contribution >= 0.6 is 0 Å². The summed E-state index contributed by atoms with van der Waals surface area (Å²) in [4.78, 5) is 20.5. The molecule has 0 aliphatic carbocycles. The van der Waals surface area contributed by atoms with Crippen LogP contribution in [0.2, 0.25) is 0 Å². The van der Waals surface area contributed by atoms with E-state index in [-0.39, 0.29) is 28.3 Å². The summed E-state index contributed by atoms with van der Waals surface area (Å²) >= 11 is 0. The van der Waals surface area contributed by atoms with E-state index in [0.29, 0.717) is 10.9 Å². The third-order valence-corrected chi connectivity index (χ3v) is 3.06. The van der Waals surface area contributed by atoms with Crippen LogP contribution in [0.4, 0.5) is 0 Å². The van der Waals surface area contributed by atoms with Crippen molar-refractivity contribution in [1.29, 1.82) is 0 Å². The Balaban J connectivity index is 2.26. The van der Waals surface area contributed by atoms with Crippen LogP contribution in [0.15, 0.2) is 57.7 Å². The van der Waals surface area contributed by atoms with Gasteiger partial charge in [-0.1, -0.05) is 12.1 Å². The highest BCUT2D eigenvalue weighted by Crippen LogP contribution is 2.31. The lowest BCUT2D eigenvalue weighted by atomic mass is 10.1. The van der Waals surface area contributed by atoms with Gasteiger partial charge < -0.3 is 14.2 Å². The molecule has 1 heterocycles. The van der Waals surface area contributed by atoms with Gasteiger partial charge in [-0.25, -0.2) is 10.5 Å². The largest absolute Gasteiger partial charge is 0.456 e. The van der Waals surface area contributed by atoms with Crippen molar-refractivity contribution in [3.05, 3.63) is 58.8 Å². The van der Waals surface area contributed by atoms with Crippen LogP contribution in [-0.2, 0) is 0 Å². The zero-order chi connectivity index (χ0) is 14.8. The van der Waals surface area contributed by atoms with Crippen molar-refractivity contribution in [2.75, 3.05) is 0 Å². The summed E-state index contributed by atoms with van der Waals surface area (Å²) < 4.78 is 5.63. The van der Waals surface area contributed by atoms with Crippen molar-refractivity contribution in [2.45, 2.75) is 0 Å². The maximum Gasteiger partial charge on any atom is 0.193 e. The normalized spacial score (nSPS) is 10.6. The van der Waals surface area contributed by atoms with Gasteiger partial charge in [0.15, 0.2) is 16.9 Å². The summed E-state index contributed by atoms with van der Waals surface area (Å²) in [6, 6.07) is 12.2. The van der Waals surface area contributed by atoms with Gasteiger partial charge in [0.25, 0.3) is 0 Å². The summed E-state index contributed by atoms with van der Waals surface area (Å²) in [5.41, 5.74) is 0.412. The number of fused-ring (bicyclic) bond motifs is 1. The van der Waals surface area contributed by atoms with E-state index in [1.165, 1.54) is 30.3 Å². The molecule has 2 N–H and O–H groups in total. The molecule has 2 aromatic carbocycles. The van der Waals surface area contributed by atoms with Gasteiger partial charge in [0.2, 0.25) is 0 Å². The molecule has 0 fully saturated rings. The first-order chi connectivity index (χ1) is 10.2. The molecular formula is C15H10O6. The summed E-state index contributed by atoms with van der Waals surface area (Å²) in [5, 5.41) is 17.9. The van der Waals surface area contributed by atoms with E-state index < -0.39 is 0 Å². The maximum absolute atomic E-state index is 12.1. The molecule has 3 rings (SSSR count). The number of benzene rings is 2. The average Bonchev–Trinajstić information content (AvgIpc) is 2.54. The smallest absolute Gasteiger partial charge is 0.193 e. The molecule has 0 bridgehead atoms. The second-order valence-electron chi connectivity index (χ2n) is 4.31. The Kier molecular flexibility index (Phi) is 3.31. The molecule has 0 radical (unpaired) electrons. The van der Waals surface area contributed by atoms with E-state index >= 15 is 0 Å². The zero-order valence-corrected chi connectivity index (χ0v) is 10.6. The molecule has 0 aliphatic rings. The molecule has 0 atom stereocenters. The lowest BCUT2D eigenvalue weighted by Crippen LogP contribution is -2.01. The van der Waals surface area contributed by atoms with Gasteiger partial charge in [0, 0.05) is 12.1 Å². The van der Waals surface area contributed by atoms with Crippen LogP contribution in [0.1, 0.15) is 0 Å². The van der Waals surface area contributed by atoms with Crippen LogP contribution in [0.25, 0.3) is 22.3 Å². The van der Waals surface area contributed by atoms with Crippen molar-refractivity contribution in [1.82, 2.24) is 0 Å². The predicted octanol–water partition coefficient (Wildman–Crippen LogP) is 3.16. The second-order valence-corrected chi connectivity index (χ2v) is 4.31. The molecule has 6 heteroatoms. The van der Waals surface area contributed by atoms with Crippen molar-refractivity contribution < 1.29 is 24.7 Å². The highest BCUT2D eigenvalue weighted by molar-refractivity contribution is 5.80. The molecule has 0 saturated carbocycles. The maximum atomic E-state index is 12.1. The lowest BCUT2D eigenvalue weighted by Gasteiger charge is -2.07. The Morgan fingerprint density at radius 3 is 2.52 bits per heavy atom. The molecule has 0 unspecified atom stereocenters. The SMILES string of the molecule is O=c1cc(-c2ccccc2OO)oc2cc(OO)ccc12. The molecule has 0 spiro atoms. The van der Waals surface area contributed by atoms with Gasteiger partial charge in [-0.2, -0.15) is 0 Å². The summed E-state index contributed by atoms with van der Waals surface area (Å²) in [6.07, 6.45) is 0. The average molecular weight is 286 g/mol. The zero-order valence-electron chi connectivity index (χ0n) is 10.6. The highest BCUT2D eigenvalue weighted by atomic mass is 17.1. The van der Waals surface area contributed by atoms with Crippen LogP contribution < -0.4 is 15.2 Å². The van der Waals surface area contributed by atoms with Gasteiger partial charge in [-0.15, -0.1) is 0 Å². The predicted molar refractivity (Wildman–Crippen MR) is 74.4 cm³/mol. The molecule has 0 aliphatic heterocycles. The number of hydrogen-bond acceptors (Lipinski definition) is 6. The topological polar surface area (TPSA) is 89.1 Å². The van der Waals surface area contributed by atoms with Crippen molar-refractivity contribution >= 4 is 11.0 Å². The van der Waals surface area contributed by atoms with Gasteiger partial charge in [-0.3, -0.25) is 4.79 Å². The first kappa shape index (κ1) is 13.2. The Bertz CT molecular complexity index is 852. The van der Waals surface area contributed by atoms with Crippen LogP contribution in [0.3, 0.4) is 0 Å². The van der Waals surface area contributed by atoms with Gasteiger partial charge in [0.1, 0.15) is 11.3 Å². The van der Waals surface area contributed by atoms with E-state index in [0.717, 1.165) is 0 Å². The van der Waals surface area contributed by atoms with Crippen molar-refractivity contribution in [2.24, 2.45) is 0 Å². The van der Waals surface area contributed by atoms with Crippen LogP contribution in [-0.4, -0.2) is 10.5 Å². The van der Waals surface area contributed by atoms with E-state index in [1.54, 1.807) is 18.2 Å². The van der Waals surface area contributed by atoms with E-state index in [2.05, 4.69) is 9.78 Å². The molecule has 1 aromatic heterocycles. The minimum Gasteiger partial charge on any atom is -0.456 e. The van der Waals surface area contributed by atoms with Crippen LogP contribution in [0.5, 0.6) is 11.5 Å². The standard InChI is InChI=1S/C15H10O6/c16-12-8-15(11-3-1-2-4-13(11)21-18)19-14-7-9(20-17)5-6-10(12)14/h1-8,17-18H. The fraction of sp³-hybridized carbons (Fsp3) is 0.